The molecule has 0 aliphatic rings. The van der Waals surface area contributed by atoms with Crippen LogP contribution in [0.4, 0.5) is 0 Å². The second-order valence-electron chi connectivity index (χ2n) is 5.40. The Balaban J connectivity index is 0. The summed E-state index contributed by atoms with van der Waals surface area (Å²) in [5.41, 5.74) is 9.39. The van der Waals surface area contributed by atoms with E-state index in [1.807, 2.05) is 0 Å². The maximum Gasteiger partial charge on any atom is 0.303 e. The Morgan fingerprint density at radius 3 is 1.36 bits per heavy atom. The molecule has 22 heavy (non-hydrogen) atoms. The number of amides is 2. The van der Waals surface area contributed by atoms with Crippen molar-refractivity contribution in [3.63, 3.8) is 0 Å². The molecule has 0 unspecified atom stereocenters. The molecule has 0 aliphatic heterocycles. The number of primary amides is 2. The van der Waals surface area contributed by atoms with Gasteiger partial charge in [-0.05, 0) is 6.42 Å². The van der Waals surface area contributed by atoms with E-state index in [2.05, 4.69) is 6.92 Å². The van der Waals surface area contributed by atoms with Crippen molar-refractivity contribution in [2.45, 2.75) is 84.0 Å². The van der Waals surface area contributed by atoms with E-state index in [0.717, 1.165) is 12.8 Å². The molecule has 5 N–H and O–H groups in total. The predicted octanol–water partition coefficient (Wildman–Crippen LogP) is 2.73. The molecule has 0 atom stereocenters. The lowest BCUT2D eigenvalue weighted by Crippen LogP contribution is -2.16. The second kappa shape index (κ2) is 17.5. The fourth-order valence-corrected chi connectivity index (χ4v) is 1.83. The molecular weight excluding hydrogens is 284 g/mol. The van der Waals surface area contributed by atoms with Crippen molar-refractivity contribution in [3.8, 4) is 0 Å². The van der Waals surface area contributed by atoms with E-state index in [1.54, 1.807) is 0 Å². The number of aliphatic carboxylic acids is 1. The van der Waals surface area contributed by atoms with E-state index < -0.39 is 17.8 Å². The van der Waals surface area contributed by atoms with Crippen molar-refractivity contribution in [1.82, 2.24) is 0 Å². The number of hydrogen-bond acceptors (Lipinski definition) is 3. The monoisotopic (exact) mass is 316 g/mol. The molecule has 6 nitrogen and oxygen atoms in total. The van der Waals surface area contributed by atoms with Gasteiger partial charge in [0.2, 0.25) is 11.8 Å². The zero-order chi connectivity index (χ0) is 17.2. The highest BCUT2D eigenvalue weighted by Crippen LogP contribution is 2.10. The number of nitrogens with two attached hydrogens (primary N) is 2. The molecule has 0 radical (unpaired) electrons. The number of rotatable bonds is 13. The van der Waals surface area contributed by atoms with Crippen LogP contribution in [0, 0.1) is 0 Å². The maximum absolute atomic E-state index is 10.2. The number of hydrogen-bond donors (Lipinski definition) is 3. The molecule has 0 rings (SSSR count). The Morgan fingerprint density at radius 2 is 1.05 bits per heavy atom. The first-order chi connectivity index (χ1) is 10.4. The highest BCUT2D eigenvalue weighted by Gasteiger charge is 1.97. The molecule has 0 aromatic rings. The van der Waals surface area contributed by atoms with Crippen LogP contribution in [0.2, 0.25) is 0 Å². The highest BCUT2D eigenvalue weighted by atomic mass is 16.4. The molecular formula is C16H32N2O4. The van der Waals surface area contributed by atoms with Gasteiger partial charge in [0.15, 0.2) is 0 Å². The second-order valence-corrected chi connectivity index (χ2v) is 5.40. The summed E-state index contributed by atoms with van der Waals surface area (Å²) in [5.74, 6) is -1.65. The van der Waals surface area contributed by atoms with Crippen LogP contribution in [0.5, 0.6) is 0 Å². The van der Waals surface area contributed by atoms with Gasteiger partial charge >= 0.3 is 5.97 Å². The molecule has 0 heterocycles. The molecule has 0 aromatic heterocycles. The van der Waals surface area contributed by atoms with Crippen molar-refractivity contribution < 1.29 is 19.5 Å². The van der Waals surface area contributed by atoms with Crippen molar-refractivity contribution in [3.05, 3.63) is 0 Å². The van der Waals surface area contributed by atoms with Crippen molar-refractivity contribution in [1.29, 1.82) is 0 Å². The first-order valence-corrected chi connectivity index (χ1v) is 8.18. The van der Waals surface area contributed by atoms with Crippen LogP contribution in [0.3, 0.4) is 0 Å². The normalized spacial score (nSPS) is 9.68. The molecule has 0 bridgehead atoms. The predicted molar refractivity (Wildman–Crippen MR) is 87.1 cm³/mol. The molecule has 0 fully saturated rings. The highest BCUT2D eigenvalue weighted by molar-refractivity contribution is 5.81. The van der Waals surface area contributed by atoms with Gasteiger partial charge in [-0.1, -0.05) is 58.3 Å². The molecule has 6 heteroatoms. The van der Waals surface area contributed by atoms with E-state index >= 15 is 0 Å². The Kier molecular flexibility index (Phi) is 18.0. The van der Waals surface area contributed by atoms with Gasteiger partial charge in [-0.25, -0.2) is 0 Å². The largest absolute Gasteiger partial charge is 0.481 e. The summed E-state index contributed by atoms with van der Waals surface area (Å²) in [6.45, 7) is 2.23. The van der Waals surface area contributed by atoms with Gasteiger partial charge < -0.3 is 16.6 Å². The van der Waals surface area contributed by atoms with Gasteiger partial charge in [-0.2, -0.15) is 0 Å². The quantitative estimate of drug-likeness (QED) is 0.452. The molecule has 0 saturated heterocycles. The molecule has 130 valence electrons. The average Bonchev–Trinajstić information content (AvgIpc) is 2.44. The van der Waals surface area contributed by atoms with E-state index in [0.29, 0.717) is 6.42 Å². The third kappa shape index (κ3) is 26.9. The minimum absolute atomic E-state index is 0.0509. The summed E-state index contributed by atoms with van der Waals surface area (Å²) in [7, 11) is 0. The van der Waals surface area contributed by atoms with Crippen molar-refractivity contribution in [2.75, 3.05) is 0 Å². The number of unbranched alkanes of at least 4 members (excludes halogenated alkanes) is 8. The minimum atomic E-state index is -0.659. The summed E-state index contributed by atoms with van der Waals surface area (Å²) in [6.07, 6.45) is 11.6. The number of carbonyl (C=O) groups excluding carboxylic acids is 2. The lowest BCUT2D eigenvalue weighted by atomic mass is 10.1. The lowest BCUT2D eigenvalue weighted by Gasteiger charge is -2.00. The van der Waals surface area contributed by atoms with Crippen molar-refractivity contribution >= 4 is 17.8 Å². The lowest BCUT2D eigenvalue weighted by molar-refractivity contribution is -0.137. The SMILES string of the molecule is CCCCCCCCCCCC(=O)O.NC(=O)CCC(N)=O. The summed E-state index contributed by atoms with van der Waals surface area (Å²) in [4.78, 5) is 30.0. The summed E-state index contributed by atoms with van der Waals surface area (Å²) >= 11 is 0. The van der Waals surface area contributed by atoms with Crippen LogP contribution < -0.4 is 11.5 Å². The molecule has 0 aliphatic carbocycles. The summed E-state index contributed by atoms with van der Waals surface area (Å²) in [5, 5.41) is 8.41. The van der Waals surface area contributed by atoms with Gasteiger partial charge in [-0.15, -0.1) is 0 Å². The first-order valence-electron chi connectivity index (χ1n) is 8.18. The van der Waals surface area contributed by atoms with Gasteiger partial charge in [0, 0.05) is 19.3 Å². The smallest absolute Gasteiger partial charge is 0.303 e. The fraction of sp³-hybridized carbons (Fsp3) is 0.812. The van der Waals surface area contributed by atoms with E-state index in [9.17, 15) is 14.4 Å². The first kappa shape index (κ1) is 22.7. The van der Waals surface area contributed by atoms with Gasteiger partial charge in [-0.3, -0.25) is 14.4 Å². The zero-order valence-corrected chi connectivity index (χ0v) is 13.8. The Hall–Kier alpha value is -1.59. The van der Waals surface area contributed by atoms with Gasteiger partial charge in [0.25, 0.3) is 0 Å². The summed E-state index contributed by atoms with van der Waals surface area (Å²) < 4.78 is 0. The van der Waals surface area contributed by atoms with E-state index in [-0.39, 0.29) is 12.8 Å². The number of carbonyl (C=O) groups is 3. The maximum atomic E-state index is 10.2. The average molecular weight is 316 g/mol. The van der Waals surface area contributed by atoms with E-state index in [4.69, 9.17) is 16.6 Å². The molecule has 2 amide bonds. The standard InChI is InChI=1S/C12H24O2.C4H8N2O2/c1-2-3-4-5-6-7-8-9-10-11-12(13)14;5-3(7)1-2-4(6)8/h2-11H2,1H3,(H,13,14);1-2H2,(H2,5,7)(H2,6,8). The Morgan fingerprint density at radius 1 is 0.682 bits per heavy atom. The van der Waals surface area contributed by atoms with Crippen LogP contribution in [0.15, 0.2) is 0 Å². The van der Waals surface area contributed by atoms with Crippen LogP contribution in [0.1, 0.15) is 84.0 Å². The third-order valence-corrected chi connectivity index (χ3v) is 3.11. The van der Waals surface area contributed by atoms with Gasteiger partial charge in [0.1, 0.15) is 0 Å². The van der Waals surface area contributed by atoms with Gasteiger partial charge in [0.05, 0.1) is 0 Å². The number of carboxylic acid groups (broad SMARTS) is 1. The Bertz CT molecular complexity index is 293. The molecule has 0 saturated carbocycles. The third-order valence-electron chi connectivity index (χ3n) is 3.11. The zero-order valence-electron chi connectivity index (χ0n) is 13.8. The fourth-order valence-electron chi connectivity index (χ4n) is 1.83. The van der Waals surface area contributed by atoms with Crippen LogP contribution in [-0.2, 0) is 14.4 Å². The molecule has 0 aromatic carbocycles. The minimum Gasteiger partial charge on any atom is -0.481 e. The van der Waals surface area contributed by atoms with Crippen molar-refractivity contribution in [2.24, 2.45) is 11.5 Å². The number of carboxylic acids is 1. The summed E-state index contributed by atoms with van der Waals surface area (Å²) in [6, 6.07) is 0. The topological polar surface area (TPSA) is 123 Å². The van der Waals surface area contributed by atoms with Crippen LogP contribution in [0.25, 0.3) is 0 Å². The Labute approximate surface area is 133 Å². The van der Waals surface area contributed by atoms with Crippen LogP contribution >= 0.6 is 0 Å². The molecule has 0 spiro atoms. The van der Waals surface area contributed by atoms with Crippen LogP contribution in [-0.4, -0.2) is 22.9 Å². The van der Waals surface area contributed by atoms with E-state index in [1.165, 1.54) is 44.9 Å².